The van der Waals surface area contributed by atoms with Crippen LogP contribution in [0.25, 0.3) is 0 Å². The van der Waals surface area contributed by atoms with Crippen LogP contribution in [0.15, 0.2) is 42.3 Å². The smallest absolute Gasteiger partial charge is 0.208 e. The zero-order chi connectivity index (χ0) is 10.9. The van der Waals surface area contributed by atoms with E-state index >= 15 is 0 Å². The van der Waals surface area contributed by atoms with Crippen LogP contribution in [0, 0.1) is 0 Å². The van der Waals surface area contributed by atoms with Crippen molar-refractivity contribution in [1.29, 1.82) is 0 Å². The van der Waals surface area contributed by atoms with Gasteiger partial charge in [0.2, 0.25) is 10.0 Å². The van der Waals surface area contributed by atoms with Gasteiger partial charge in [-0.15, -0.1) is 0 Å². The van der Waals surface area contributed by atoms with Crippen molar-refractivity contribution in [3.05, 3.63) is 47.9 Å². The first kappa shape index (κ1) is 10.4. The molecule has 1 aromatic rings. The quantitative estimate of drug-likeness (QED) is 0.785. The predicted molar refractivity (Wildman–Crippen MR) is 59.6 cm³/mol. The van der Waals surface area contributed by atoms with Crippen LogP contribution >= 0.6 is 0 Å². The number of rotatable bonds is 3. The maximum absolute atomic E-state index is 11.6. The Hall–Kier alpha value is -1.13. The molecule has 1 atom stereocenters. The van der Waals surface area contributed by atoms with Crippen LogP contribution in [0.4, 0.5) is 0 Å². The van der Waals surface area contributed by atoms with Crippen LogP contribution in [0.2, 0.25) is 0 Å². The highest BCUT2D eigenvalue weighted by Gasteiger charge is 2.36. The lowest BCUT2D eigenvalue weighted by atomic mass is 9.98. The molecule has 3 nitrogen and oxygen atoms in total. The first-order chi connectivity index (χ1) is 7.15. The summed E-state index contributed by atoms with van der Waals surface area (Å²) < 4.78 is 24.6. The molecule has 1 heterocycles. The van der Waals surface area contributed by atoms with Gasteiger partial charge in [0.15, 0.2) is 0 Å². The SMILES string of the molecule is C=CS(=O)(=O)N1CC[C@H]1c1ccccc1. The van der Waals surface area contributed by atoms with E-state index in [0.29, 0.717) is 6.54 Å². The van der Waals surface area contributed by atoms with E-state index in [1.54, 1.807) is 0 Å². The van der Waals surface area contributed by atoms with Gasteiger partial charge in [-0.05, 0) is 12.0 Å². The summed E-state index contributed by atoms with van der Waals surface area (Å²) in [5.41, 5.74) is 1.05. The van der Waals surface area contributed by atoms with Gasteiger partial charge in [0.25, 0.3) is 0 Å². The van der Waals surface area contributed by atoms with Gasteiger partial charge in [-0.2, -0.15) is 4.31 Å². The van der Waals surface area contributed by atoms with Gasteiger partial charge < -0.3 is 0 Å². The van der Waals surface area contributed by atoms with Crippen LogP contribution in [-0.2, 0) is 10.0 Å². The zero-order valence-corrected chi connectivity index (χ0v) is 9.15. The van der Waals surface area contributed by atoms with Crippen LogP contribution in [0.5, 0.6) is 0 Å². The maximum Gasteiger partial charge on any atom is 0.236 e. The van der Waals surface area contributed by atoms with Crippen molar-refractivity contribution in [3.8, 4) is 0 Å². The molecule has 0 bridgehead atoms. The number of hydrogen-bond acceptors (Lipinski definition) is 2. The molecular weight excluding hydrogens is 210 g/mol. The third-order valence-electron chi connectivity index (χ3n) is 2.69. The molecule has 0 spiro atoms. The standard InChI is InChI=1S/C11H13NO2S/c1-2-15(13,14)12-9-8-11(12)10-6-4-3-5-7-10/h2-7,11H,1,8-9H2/t11-/m0/s1. The minimum absolute atomic E-state index is 0.00537. The van der Waals surface area contributed by atoms with E-state index in [1.807, 2.05) is 30.3 Å². The molecule has 0 aromatic heterocycles. The highest BCUT2D eigenvalue weighted by molar-refractivity contribution is 7.92. The molecule has 0 N–H and O–H groups in total. The molecular formula is C11H13NO2S. The first-order valence-corrected chi connectivity index (χ1v) is 6.35. The van der Waals surface area contributed by atoms with E-state index in [-0.39, 0.29) is 6.04 Å². The van der Waals surface area contributed by atoms with E-state index in [9.17, 15) is 8.42 Å². The van der Waals surface area contributed by atoms with Crippen molar-refractivity contribution in [2.75, 3.05) is 6.54 Å². The number of sulfonamides is 1. The molecule has 0 radical (unpaired) electrons. The molecule has 0 amide bonds. The summed E-state index contributed by atoms with van der Waals surface area (Å²) in [6, 6.07) is 9.67. The second-order valence-electron chi connectivity index (χ2n) is 3.54. The van der Waals surface area contributed by atoms with E-state index < -0.39 is 10.0 Å². The maximum atomic E-state index is 11.6. The fourth-order valence-electron chi connectivity index (χ4n) is 1.77. The molecule has 0 aliphatic carbocycles. The largest absolute Gasteiger partial charge is 0.236 e. The van der Waals surface area contributed by atoms with Crippen molar-refractivity contribution in [2.24, 2.45) is 0 Å². The van der Waals surface area contributed by atoms with Crippen molar-refractivity contribution in [3.63, 3.8) is 0 Å². The molecule has 1 aliphatic heterocycles. The summed E-state index contributed by atoms with van der Waals surface area (Å²) in [6.45, 7) is 3.92. The normalized spacial score (nSPS) is 22.0. The van der Waals surface area contributed by atoms with Crippen molar-refractivity contribution in [1.82, 2.24) is 4.31 Å². The van der Waals surface area contributed by atoms with Gasteiger partial charge in [-0.3, -0.25) is 0 Å². The lowest BCUT2D eigenvalue weighted by molar-refractivity contribution is 0.205. The van der Waals surface area contributed by atoms with Gasteiger partial charge in [0, 0.05) is 12.0 Å². The van der Waals surface area contributed by atoms with E-state index in [4.69, 9.17) is 0 Å². The Kier molecular flexibility index (Phi) is 2.63. The Morgan fingerprint density at radius 1 is 1.33 bits per heavy atom. The molecule has 1 aromatic carbocycles. The summed E-state index contributed by atoms with van der Waals surface area (Å²) in [6.07, 6.45) is 0.886. The summed E-state index contributed by atoms with van der Waals surface area (Å²) in [7, 11) is -3.26. The average Bonchev–Trinajstić information content (AvgIpc) is 2.17. The van der Waals surface area contributed by atoms with Crippen molar-refractivity contribution in [2.45, 2.75) is 12.5 Å². The number of benzene rings is 1. The Balaban J connectivity index is 2.25. The fourth-order valence-corrected chi connectivity index (χ4v) is 2.91. The highest BCUT2D eigenvalue weighted by Crippen LogP contribution is 2.35. The molecule has 1 fully saturated rings. The zero-order valence-electron chi connectivity index (χ0n) is 8.33. The fraction of sp³-hybridized carbons (Fsp3) is 0.273. The van der Waals surface area contributed by atoms with E-state index in [2.05, 4.69) is 6.58 Å². The van der Waals surface area contributed by atoms with Crippen molar-refractivity contribution >= 4 is 10.0 Å². The third kappa shape index (κ3) is 1.82. The molecule has 1 saturated heterocycles. The van der Waals surface area contributed by atoms with Crippen LogP contribution in [-0.4, -0.2) is 19.3 Å². The molecule has 1 aliphatic rings. The summed E-state index contributed by atoms with van der Waals surface area (Å²) in [5, 5.41) is 1.02. The van der Waals surface area contributed by atoms with Gasteiger partial charge in [-0.1, -0.05) is 36.9 Å². The molecule has 15 heavy (non-hydrogen) atoms. The molecule has 0 saturated carbocycles. The van der Waals surface area contributed by atoms with Gasteiger partial charge in [-0.25, -0.2) is 8.42 Å². The Labute approximate surface area is 90.1 Å². The first-order valence-electron chi connectivity index (χ1n) is 4.84. The topological polar surface area (TPSA) is 37.4 Å². The second-order valence-corrected chi connectivity index (χ2v) is 5.37. The summed E-state index contributed by atoms with van der Waals surface area (Å²) >= 11 is 0. The van der Waals surface area contributed by atoms with Gasteiger partial charge in [0.05, 0.1) is 6.04 Å². The van der Waals surface area contributed by atoms with Crippen LogP contribution in [0.3, 0.4) is 0 Å². The van der Waals surface area contributed by atoms with E-state index in [0.717, 1.165) is 17.4 Å². The molecule has 0 unspecified atom stereocenters. The summed E-state index contributed by atoms with van der Waals surface area (Å²) in [5.74, 6) is 0. The summed E-state index contributed by atoms with van der Waals surface area (Å²) in [4.78, 5) is 0. The average molecular weight is 223 g/mol. The molecule has 4 heteroatoms. The molecule has 2 rings (SSSR count). The third-order valence-corrected chi connectivity index (χ3v) is 4.20. The van der Waals surface area contributed by atoms with Crippen LogP contribution < -0.4 is 0 Å². The van der Waals surface area contributed by atoms with Gasteiger partial charge >= 0.3 is 0 Å². The monoisotopic (exact) mass is 223 g/mol. The molecule has 80 valence electrons. The Morgan fingerprint density at radius 3 is 2.47 bits per heavy atom. The number of nitrogens with zero attached hydrogens (tertiary/aromatic N) is 1. The Bertz CT molecular complexity index is 453. The van der Waals surface area contributed by atoms with Crippen molar-refractivity contribution < 1.29 is 8.42 Å². The number of hydrogen-bond donors (Lipinski definition) is 0. The van der Waals surface area contributed by atoms with Gasteiger partial charge in [0.1, 0.15) is 0 Å². The Morgan fingerprint density at radius 2 is 2.00 bits per heavy atom. The lowest BCUT2D eigenvalue weighted by Crippen LogP contribution is -2.43. The second kappa shape index (κ2) is 3.79. The minimum atomic E-state index is -3.26. The van der Waals surface area contributed by atoms with Crippen LogP contribution in [0.1, 0.15) is 18.0 Å². The highest BCUT2D eigenvalue weighted by atomic mass is 32.2. The minimum Gasteiger partial charge on any atom is -0.208 e. The lowest BCUT2D eigenvalue weighted by Gasteiger charge is -2.39. The van der Waals surface area contributed by atoms with E-state index in [1.165, 1.54) is 4.31 Å². The predicted octanol–water partition coefficient (Wildman–Crippen LogP) is 1.91.